The molecular formula is C23H28F2N4O4S. The van der Waals surface area contributed by atoms with Gasteiger partial charge >= 0.3 is 0 Å². The maximum atomic E-state index is 13.7. The van der Waals surface area contributed by atoms with Crippen LogP contribution in [0.25, 0.3) is 0 Å². The minimum absolute atomic E-state index is 0.0927. The van der Waals surface area contributed by atoms with Crippen LogP contribution in [0.5, 0.6) is 0 Å². The van der Waals surface area contributed by atoms with Crippen LogP contribution in [0.2, 0.25) is 0 Å². The summed E-state index contributed by atoms with van der Waals surface area (Å²) >= 11 is 0. The average molecular weight is 495 g/mol. The van der Waals surface area contributed by atoms with E-state index in [-0.39, 0.29) is 23.4 Å². The van der Waals surface area contributed by atoms with E-state index < -0.39 is 33.5 Å². The summed E-state index contributed by atoms with van der Waals surface area (Å²) in [5, 5.41) is 5.12. The Morgan fingerprint density at radius 3 is 2.38 bits per heavy atom. The van der Waals surface area contributed by atoms with Crippen molar-refractivity contribution in [2.75, 3.05) is 43.9 Å². The summed E-state index contributed by atoms with van der Waals surface area (Å²) in [6.45, 7) is 0.839. The maximum Gasteiger partial charge on any atom is 0.254 e. The van der Waals surface area contributed by atoms with Crippen LogP contribution in [0.1, 0.15) is 36.0 Å². The monoisotopic (exact) mass is 494 g/mol. The third kappa shape index (κ3) is 6.09. The van der Waals surface area contributed by atoms with Gasteiger partial charge in [0, 0.05) is 46.2 Å². The van der Waals surface area contributed by atoms with Gasteiger partial charge in [0.15, 0.2) is 0 Å². The molecule has 2 aromatic carbocycles. The fraction of sp³-hybridized carbons (Fsp3) is 0.391. The van der Waals surface area contributed by atoms with Gasteiger partial charge in [-0.1, -0.05) is 6.42 Å². The van der Waals surface area contributed by atoms with Crippen molar-refractivity contribution >= 4 is 33.2 Å². The molecule has 8 nitrogen and oxygen atoms in total. The van der Waals surface area contributed by atoms with Crippen LogP contribution in [0.4, 0.5) is 20.2 Å². The molecule has 1 aliphatic heterocycles. The molecule has 34 heavy (non-hydrogen) atoms. The Hall–Kier alpha value is -3.05. The number of anilines is 2. The third-order valence-corrected chi connectivity index (χ3v) is 7.38. The molecule has 0 bridgehead atoms. The van der Waals surface area contributed by atoms with Crippen LogP contribution >= 0.6 is 0 Å². The standard InChI is InChI=1S/C23H28F2N4O4S/c1-28(2)21-9-7-17(34(32,33)29-12-4-3-5-13-29)15-20(21)27-22(30)10-11-26-23(31)18-8-6-16(24)14-19(18)25/h6-9,14-15H,3-5,10-13H2,1-2H3,(H,26,31)(H,27,30). The van der Waals surface area contributed by atoms with Crippen molar-refractivity contribution in [3.05, 3.63) is 53.6 Å². The van der Waals surface area contributed by atoms with E-state index >= 15 is 0 Å². The van der Waals surface area contributed by atoms with Gasteiger partial charge < -0.3 is 15.5 Å². The van der Waals surface area contributed by atoms with Crippen LogP contribution < -0.4 is 15.5 Å². The molecule has 184 valence electrons. The first-order valence-corrected chi connectivity index (χ1v) is 12.4. The number of carbonyl (C=O) groups excluding carboxylic acids is 2. The number of piperidine rings is 1. The lowest BCUT2D eigenvalue weighted by Crippen LogP contribution is -2.35. The molecule has 0 radical (unpaired) electrons. The lowest BCUT2D eigenvalue weighted by molar-refractivity contribution is -0.116. The van der Waals surface area contributed by atoms with E-state index in [0.29, 0.717) is 30.5 Å². The summed E-state index contributed by atoms with van der Waals surface area (Å²) in [7, 11) is -0.154. The van der Waals surface area contributed by atoms with Crippen molar-refractivity contribution in [3.63, 3.8) is 0 Å². The van der Waals surface area contributed by atoms with Crippen LogP contribution in [0, 0.1) is 11.6 Å². The number of carbonyl (C=O) groups is 2. The smallest absolute Gasteiger partial charge is 0.254 e. The molecule has 0 unspecified atom stereocenters. The molecule has 1 fully saturated rings. The summed E-state index contributed by atoms with van der Waals surface area (Å²) < 4.78 is 54.3. The zero-order valence-electron chi connectivity index (χ0n) is 19.1. The van der Waals surface area contributed by atoms with Gasteiger partial charge in [-0.25, -0.2) is 17.2 Å². The number of amides is 2. The molecule has 1 aliphatic rings. The molecule has 11 heteroatoms. The molecule has 2 amide bonds. The molecule has 1 saturated heterocycles. The highest BCUT2D eigenvalue weighted by atomic mass is 32.2. The molecule has 0 aromatic heterocycles. The SMILES string of the molecule is CN(C)c1ccc(S(=O)(=O)N2CCCCC2)cc1NC(=O)CCNC(=O)c1ccc(F)cc1F. The zero-order valence-corrected chi connectivity index (χ0v) is 19.9. The summed E-state index contributed by atoms with van der Waals surface area (Å²) in [5.41, 5.74) is 0.611. The minimum Gasteiger partial charge on any atom is -0.376 e. The van der Waals surface area contributed by atoms with Crippen molar-refractivity contribution in [2.45, 2.75) is 30.6 Å². The molecule has 0 aliphatic carbocycles. The number of benzene rings is 2. The highest BCUT2D eigenvalue weighted by molar-refractivity contribution is 7.89. The molecule has 2 aromatic rings. The topological polar surface area (TPSA) is 98.8 Å². The molecular weight excluding hydrogens is 466 g/mol. The number of nitrogens with zero attached hydrogens (tertiary/aromatic N) is 2. The highest BCUT2D eigenvalue weighted by Gasteiger charge is 2.27. The van der Waals surface area contributed by atoms with E-state index in [4.69, 9.17) is 0 Å². The maximum absolute atomic E-state index is 13.7. The second kappa shape index (κ2) is 10.9. The van der Waals surface area contributed by atoms with E-state index in [0.717, 1.165) is 31.4 Å². The van der Waals surface area contributed by atoms with Gasteiger partial charge in [-0.2, -0.15) is 4.31 Å². The Morgan fingerprint density at radius 2 is 1.74 bits per heavy atom. The third-order valence-electron chi connectivity index (χ3n) is 5.49. The predicted octanol–water partition coefficient (Wildman–Crippen LogP) is 2.96. The minimum atomic E-state index is -3.68. The quantitative estimate of drug-likeness (QED) is 0.588. The van der Waals surface area contributed by atoms with Crippen molar-refractivity contribution in [1.29, 1.82) is 0 Å². The Morgan fingerprint density at radius 1 is 1.03 bits per heavy atom. The van der Waals surface area contributed by atoms with Gasteiger partial charge in [0.2, 0.25) is 15.9 Å². The van der Waals surface area contributed by atoms with Gasteiger partial charge in [-0.05, 0) is 43.2 Å². The fourth-order valence-corrected chi connectivity index (χ4v) is 5.23. The van der Waals surface area contributed by atoms with Gasteiger partial charge in [-0.3, -0.25) is 9.59 Å². The lowest BCUT2D eigenvalue weighted by atomic mass is 10.2. The number of sulfonamides is 1. The first-order valence-electron chi connectivity index (χ1n) is 10.9. The van der Waals surface area contributed by atoms with Gasteiger partial charge in [0.05, 0.1) is 21.8 Å². The molecule has 1 heterocycles. The molecule has 0 atom stereocenters. The lowest BCUT2D eigenvalue weighted by Gasteiger charge is -2.26. The van der Waals surface area contributed by atoms with Crippen molar-refractivity contribution in [3.8, 4) is 0 Å². The van der Waals surface area contributed by atoms with Crippen LogP contribution in [-0.2, 0) is 14.8 Å². The first kappa shape index (κ1) is 25.6. The summed E-state index contributed by atoms with van der Waals surface area (Å²) in [4.78, 5) is 26.4. The Labute approximate surface area is 198 Å². The highest BCUT2D eigenvalue weighted by Crippen LogP contribution is 2.30. The average Bonchev–Trinajstić information content (AvgIpc) is 2.79. The molecule has 0 spiro atoms. The Kier molecular flexibility index (Phi) is 8.21. The Balaban J connectivity index is 1.67. The second-order valence-electron chi connectivity index (χ2n) is 8.22. The molecule has 2 N–H and O–H groups in total. The van der Waals surface area contributed by atoms with Gasteiger partial charge in [-0.15, -0.1) is 0 Å². The van der Waals surface area contributed by atoms with Gasteiger partial charge in [0.25, 0.3) is 5.91 Å². The van der Waals surface area contributed by atoms with Crippen LogP contribution in [-0.4, -0.2) is 58.3 Å². The van der Waals surface area contributed by atoms with E-state index in [2.05, 4.69) is 10.6 Å². The van der Waals surface area contributed by atoms with Crippen molar-refractivity contribution in [2.24, 2.45) is 0 Å². The number of halogens is 2. The van der Waals surface area contributed by atoms with Gasteiger partial charge in [0.1, 0.15) is 11.6 Å². The Bertz CT molecular complexity index is 1170. The number of hydrogen-bond acceptors (Lipinski definition) is 5. The summed E-state index contributed by atoms with van der Waals surface area (Å²) in [6.07, 6.45) is 2.49. The van der Waals surface area contributed by atoms with Crippen LogP contribution in [0.15, 0.2) is 41.3 Å². The number of nitrogens with one attached hydrogen (secondary N) is 2. The second-order valence-corrected chi connectivity index (χ2v) is 10.2. The van der Waals surface area contributed by atoms with E-state index in [1.165, 1.54) is 16.4 Å². The molecule has 0 saturated carbocycles. The number of rotatable bonds is 8. The zero-order chi connectivity index (χ0) is 24.9. The van der Waals surface area contributed by atoms with Crippen molar-refractivity contribution in [1.82, 2.24) is 9.62 Å². The fourth-order valence-electron chi connectivity index (χ4n) is 3.69. The molecule has 3 rings (SSSR count). The normalized spacial score (nSPS) is 14.5. The van der Waals surface area contributed by atoms with E-state index in [1.54, 1.807) is 25.1 Å². The largest absolute Gasteiger partial charge is 0.376 e. The van der Waals surface area contributed by atoms with E-state index in [9.17, 15) is 26.8 Å². The van der Waals surface area contributed by atoms with E-state index in [1.807, 2.05) is 0 Å². The number of hydrogen-bond donors (Lipinski definition) is 2. The van der Waals surface area contributed by atoms with Crippen LogP contribution in [0.3, 0.4) is 0 Å². The summed E-state index contributed by atoms with van der Waals surface area (Å²) in [5.74, 6) is -3.02. The first-order chi connectivity index (χ1) is 16.1. The van der Waals surface area contributed by atoms with Crippen molar-refractivity contribution < 1.29 is 26.8 Å². The summed E-state index contributed by atoms with van der Waals surface area (Å²) in [6, 6.07) is 7.19. The predicted molar refractivity (Wildman–Crippen MR) is 125 cm³/mol.